The molecule has 24 heavy (non-hydrogen) atoms. The molecule has 2 N–H and O–H groups in total. The van der Waals surface area contributed by atoms with Gasteiger partial charge in [0.25, 0.3) is 0 Å². The summed E-state index contributed by atoms with van der Waals surface area (Å²) in [7, 11) is 1.82. The molecule has 136 valence electrons. The third-order valence-corrected chi connectivity index (χ3v) is 5.64. The zero-order chi connectivity index (χ0) is 16.9. The van der Waals surface area contributed by atoms with Crippen LogP contribution in [0.1, 0.15) is 20.3 Å². The predicted octanol–water partition coefficient (Wildman–Crippen LogP) is 3.84. The third-order valence-electron chi connectivity index (χ3n) is 4.16. The lowest BCUT2D eigenvalue weighted by Crippen LogP contribution is -2.47. The lowest BCUT2D eigenvalue weighted by Gasteiger charge is -2.25. The number of guanidine groups is 1. The fraction of sp³-hybridized carbons (Fsp3) is 0.588. The van der Waals surface area contributed by atoms with Crippen molar-refractivity contribution in [2.45, 2.75) is 31.1 Å². The second kappa shape index (κ2) is 9.97. The molecule has 1 atom stereocenters. The van der Waals surface area contributed by atoms with E-state index in [2.05, 4.69) is 46.7 Å². The van der Waals surface area contributed by atoms with Crippen LogP contribution >= 0.6 is 47.3 Å². The summed E-state index contributed by atoms with van der Waals surface area (Å²) in [5, 5.41) is 7.75. The smallest absolute Gasteiger partial charge is 0.191 e. The van der Waals surface area contributed by atoms with Crippen molar-refractivity contribution in [2.75, 3.05) is 37.8 Å². The number of hydrogen-bond donors (Lipinski definition) is 2. The Hall–Kier alpha value is -0.340. The van der Waals surface area contributed by atoms with Gasteiger partial charge in [-0.05, 0) is 44.7 Å². The Morgan fingerprint density at radius 2 is 2.21 bits per heavy atom. The maximum atomic E-state index is 6.09. The SMILES string of the molecule is CN=C(NCC(C)(C)SC)NC1CCN(c2cccc(Cl)c2)C1.I. The second-order valence-corrected chi connectivity index (χ2v) is 8.40. The van der Waals surface area contributed by atoms with E-state index in [1.807, 2.05) is 37.0 Å². The van der Waals surface area contributed by atoms with Crippen LogP contribution in [0.3, 0.4) is 0 Å². The summed E-state index contributed by atoms with van der Waals surface area (Å²) in [6, 6.07) is 8.46. The van der Waals surface area contributed by atoms with E-state index in [1.54, 1.807) is 0 Å². The average molecular weight is 483 g/mol. The molecule has 1 saturated heterocycles. The van der Waals surface area contributed by atoms with Crippen molar-refractivity contribution < 1.29 is 0 Å². The van der Waals surface area contributed by atoms with Crippen molar-refractivity contribution in [3.63, 3.8) is 0 Å². The van der Waals surface area contributed by atoms with Crippen molar-refractivity contribution in [3.8, 4) is 0 Å². The molecule has 4 nitrogen and oxygen atoms in total. The maximum Gasteiger partial charge on any atom is 0.191 e. The molecule has 1 aliphatic heterocycles. The van der Waals surface area contributed by atoms with Gasteiger partial charge in [0.05, 0.1) is 0 Å². The minimum absolute atomic E-state index is 0. The Balaban J connectivity index is 0.00000288. The molecule has 0 saturated carbocycles. The van der Waals surface area contributed by atoms with E-state index in [9.17, 15) is 0 Å². The van der Waals surface area contributed by atoms with Crippen molar-refractivity contribution in [1.29, 1.82) is 0 Å². The molecular weight excluding hydrogens is 455 g/mol. The van der Waals surface area contributed by atoms with Gasteiger partial charge in [0.1, 0.15) is 0 Å². The molecule has 0 radical (unpaired) electrons. The normalized spacial score (nSPS) is 18.3. The Kier molecular flexibility index (Phi) is 9.01. The van der Waals surface area contributed by atoms with Gasteiger partial charge in [-0.15, -0.1) is 24.0 Å². The second-order valence-electron chi connectivity index (χ2n) is 6.45. The van der Waals surface area contributed by atoms with Crippen LogP contribution in [0, 0.1) is 0 Å². The Morgan fingerprint density at radius 1 is 1.46 bits per heavy atom. The van der Waals surface area contributed by atoms with E-state index in [1.165, 1.54) is 5.69 Å². The molecule has 1 aliphatic rings. The standard InChI is InChI=1S/C17H27ClN4S.HI/c1-17(2,23-4)12-20-16(19-3)21-14-8-9-22(11-14)15-7-5-6-13(18)10-15;/h5-7,10,14H,8-9,11-12H2,1-4H3,(H2,19,20,21);1H. The molecule has 2 rings (SSSR count). The highest BCUT2D eigenvalue weighted by molar-refractivity contribution is 14.0. The Morgan fingerprint density at radius 3 is 2.83 bits per heavy atom. The summed E-state index contributed by atoms with van der Waals surface area (Å²) in [6.45, 7) is 7.35. The number of halogens is 2. The zero-order valence-electron chi connectivity index (χ0n) is 14.8. The maximum absolute atomic E-state index is 6.09. The molecule has 0 aromatic heterocycles. The lowest BCUT2D eigenvalue weighted by atomic mass is 10.2. The number of nitrogens with one attached hydrogen (secondary N) is 2. The first-order chi connectivity index (χ1) is 10.9. The number of anilines is 1. The van der Waals surface area contributed by atoms with Crippen LogP contribution < -0.4 is 15.5 Å². The van der Waals surface area contributed by atoms with E-state index >= 15 is 0 Å². The van der Waals surface area contributed by atoms with Crippen LogP contribution in [0.2, 0.25) is 5.02 Å². The molecule has 1 heterocycles. The number of hydrogen-bond acceptors (Lipinski definition) is 3. The van der Waals surface area contributed by atoms with Crippen LogP contribution in [-0.4, -0.2) is 49.7 Å². The molecule has 7 heteroatoms. The summed E-state index contributed by atoms with van der Waals surface area (Å²) in [5.74, 6) is 0.880. The molecular formula is C17H28ClIN4S. The highest BCUT2D eigenvalue weighted by Gasteiger charge is 2.24. The minimum Gasteiger partial charge on any atom is -0.369 e. The molecule has 1 unspecified atom stereocenters. The largest absolute Gasteiger partial charge is 0.369 e. The third kappa shape index (κ3) is 6.52. The summed E-state index contributed by atoms with van der Waals surface area (Å²) in [6.07, 6.45) is 3.23. The van der Waals surface area contributed by atoms with Crippen molar-refractivity contribution >= 4 is 59.0 Å². The molecule has 0 bridgehead atoms. The monoisotopic (exact) mass is 482 g/mol. The molecule has 1 aromatic rings. The summed E-state index contributed by atoms with van der Waals surface area (Å²) >= 11 is 7.95. The fourth-order valence-corrected chi connectivity index (χ4v) is 2.94. The zero-order valence-corrected chi connectivity index (χ0v) is 18.7. The van der Waals surface area contributed by atoms with E-state index < -0.39 is 0 Å². The van der Waals surface area contributed by atoms with Gasteiger partial charge < -0.3 is 15.5 Å². The summed E-state index contributed by atoms with van der Waals surface area (Å²) < 4.78 is 0.195. The quantitative estimate of drug-likeness (QED) is 0.380. The number of benzene rings is 1. The van der Waals surface area contributed by atoms with Crippen molar-refractivity contribution in [1.82, 2.24) is 10.6 Å². The van der Waals surface area contributed by atoms with Crippen molar-refractivity contribution in [2.24, 2.45) is 4.99 Å². The van der Waals surface area contributed by atoms with Gasteiger partial charge in [-0.25, -0.2) is 0 Å². The number of thioether (sulfide) groups is 1. The van der Waals surface area contributed by atoms with Crippen LogP contribution in [0.5, 0.6) is 0 Å². The topological polar surface area (TPSA) is 39.7 Å². The minimum atomic E-state index is 0. The Labute approximate surface area is 172 Å². The van der Waals surface area contributed by atoms with Crippen LogP contribution in [0.4, 0.5) is 5.69 Å². The van der Waals surface area contributed by atoms with Crippen LogP contribution in [-0.2, 0) is 0 Å². The highest BCUT2D eigenvalue weighted by Crippen LogP contribution is 2.23. The first-order valence-corrected chi connectivity index (χ1v) is 9.56. The van der Waals surface area contributed by atoms with E-state index in [0.717, 1.165) is 37.0 Å². The van der Waals surface area contributed by atoms with E-state index in [4.69, 9.17) is 11.6 Å². The average Bonchev–Trinajstić information content (AvgIpc) is 3.00. The highest BCUT2D eigenvalue weighted by atomic mass is 127. The fourth-order valence-electron chi connectivity index (χ4n) is 2.54. The predicted molar refractivity (Wildman–Crippen MR) is 120 cm³/mol. The van der Waals surface area contributed by atoms with Gasteiger partial charge in [-0.3, -0.25) is 4.99 Å². The molecule has 0 amide bonds. The number of rotatable bonds is 5. The van der Waals surface area contributed by atoms with Gasteiger partial charge in [-0.1, -0.05) is 17.7 Å². The van der Waals surface area contributed by atoms with Gasteiger partial charge in [-0.2, -0.15) is 11.8 Å². The van der Waals surface area contributed by atoms with Gasteiger partial charge in [0, 0.05) is 48.2 Å². The summed E-state index contributed by atoms with van der Waals surface area (Å²) in [4.78, 5) is 6.71. The first-order valence-electron chi connectivity index (χ1n) is 7.96. The van der Waals surface area contributed by atoms with Crippen LogP contribution in [0.25, 0.3) is 0 Å². The molecule has 1 aromatic carbocycles. The molecule has 1 fully saturated rings. The first kappa shape index (κ1) is 21.7. The lowest BCUT2D eigenvalue weighted by molar-refractivity contribution is 0.623. The van der Waals surface area contributed by atoms with Gasteiger partial charge >= 0.3 is 0 Å². The molecule has 0 spiro atoms. The Bertz CT molecular complexity index is 553. The number of nitrogens with zero attached hydrogens (tertiary/aromatic N) is 2. The van der Waals surface area contributed by atoms with E-state index in [0.29, 0.717) is 6.04 Å². The van der Waals surface area contributed by atoms with Gasteiger partial charge in [0.15, 0.2) is 5.96 Å². The van der Waals surface area contributed by atoms with Gasteiger partial charge in [0.2, 0.25) is 0 Å². The number of aliphatic imine (C=N–C) groups is 1. The van der Waals surface area contributed by atoms with Crippen LogP contribution in [0.15, 0.2) is 29.3 Å². The van der Waals surface area contributed by atoms with Crippen molar-refractivity contribution in [3.05, 3.63) is 29.3 Å². The molecule has 0 aliphatic carbocycles. The van der Waals surface area contributed by atoms with E-state index in [-0.39, 0.29) is 28.7 Å². The summed E-state index contributed by atoms with van der Waals surface area (Å²) in [5.41, 5.74) is 1.19.